The van der Waals surface area contributed by atoms with Gasteiger partial charge in [0.25, 0.3) is 0 Å². The number of carbonyl (C=O) groups excluding carboxylic acids is 1. The Morgan fingerprint density at radius 1 is 1.48 bits per heavy atom. The van der Waals surface area contributed by atoms with Gasteiger partial charge in [0.15, 0.2) is 0 Å². The molecule has 1 heterocycles. The van der Waals surface area contributed by atoms with Crippen LogP contribution in [0, 0.1) is 0 Å². The van der Waals surface area contributed by atoms with Gasteiger partial charge in [-0.05, 0) is 31.9 Å². The van der Waals surface area contributed by atoms with Crippen molar-refractivity contribution in [1.29, 1.82) is 0 Å². The normalized spacial score (nSPS) is 23.3. The van der Waals surface area contributed by atoms with Gasteiger partial charge in [-0.1, -0.05) is 0 Å². The molecule has 0 spiro atoms. The van der Waals surface area contributed by atoms with Crippen LogP contribution in [0.3, 0.4) is 0 Å². The second-order valence-electron chi connectivity index (χ2n) is 5.42. The predicted molar refractivity (Wildman–Crippen MR) is 84.1 cm³/mol. The van der Waals surface area contributed by atoms with E-state index in [0.717, 1.165) is 18.6 Å². The fourth-order valence-electron chi connectivity index (χ4n) is 2.58. The molecule has 1 saturated carbocycles. The van der Waals surface area contributed by atoms with Crippen LogP contribution < -0.4 is 10.6 Å². The van der Waals surface area contributed by atoms with Gasteiger partial charge in [0.05, 0.1) is 18.4 Å². The number of urea groups is 1. The second-order valence-corrected chi connectivity index (χ2v) is 5.42. The quantitative estimate of drug-likeness (QED) is 0.639. The molecule has 1 aromatic heterocycles. The maximum absolute atomic E-state index is 11.8. The fourth-order valence-corrected chi connectivity index (χ4v) is 2.58. The van der Waals surface area contributed by atoms with E-state index in [2.05, 4.69) is 10.6 Å². The summed E-state index contributed by atoms with van der Waals surface area (Å²) in [6.07, 6.45) is 3.15. The number of nitrogens with one attached hydrogen (secondary N) is 2. The number of furan rings is 1. The second kappa shape index (κ2) is 9.54. The summed E-state index contributed by atoms with van der Waals surface area (Å²) in [6, 6.07) is 3.52. The lowest BCUT2D eigenvalue weighted by Crippen LogP contribution is -2.62. The topological polar surface area (TPSA) is 82.0 Å². The zero-order valence-corrected chi connectivity index (χ0v) is 13.7. The average Bonchev–Trinajstić information content (AvgIpc) is 3.03. The molecule has 1 aliphatic rings. The molecule has 0 aliphatic heterocycles. The molecule has 23 heavy (non-hydrogen) atoms. The molecule has 7 heteroatoms. The maximum Gasteiger partial charge on any atom is 0.315 e. The zero-order chi connectivity index (χ0) is 16.5. The van der Waals surface area contributed by atoms with Crippen LogP contribution in [0.25, 0.3) is 0 Å². The molecule has 130 valence electrons. The number of hydrogen-bond donors (Lipinski definition) is 2. The molecule has 7 nitrogen and oxygen atoms in total. The van der Waals surface area contributed by atoms with Crippen LogP contribution in [0.4, 0.5) is 4.79 Å². The van der Waals surface area contributed by atoms with Crippen molar-refractivity contribution in [3.63, 3.8) is 0 Å². The van der Waals surface area contributed by atoms with Crippen molar-refractivity contribution >= 4 is 6.03 Å². The van der Waals surface area contributed by atoms with E-state index < -0.39 is 0 Å². The van der Waals surface area contributed by atoms with Gasteiger partial charge in [-0.2, -0.15) is 0 Å². The highest BCUT2D eigenvalue weighted by molar-refractivity contribution is 5.74. The van der Waals surface area contributed by atoms with Crippen molar-refractivity contribution in [3.05, 3.63) is 24.2 Å². The number of methoxy groups -OCH3 is 1. The summed E-state index contributed by atoms with van der Waals surface area (Å²) in [5.74, 6) is 0.801. The van der Waals surface area contributed by atoms with Crippen LogP contribution in [-0.4, -0.2) is 51.1 Å². The highest BCUT2D eigenvalue weighted by atomic mass is 16.5. The van der Waals surface area contributed by atoms with E-state index in [4.69, 9.17) is 18.6 Å². The van der Waals surface area contributed by atoms with Crippen LogP contribution >= 0.6 is 0 Å². The van der Waals surface area contributed by atoms with E-state index in [1.165, 1.54) is 0 Å². The summed E-state index contributed by atoms with van der Waals surface area (Å²) in [6.45, 7) is 4.19. The minimum Gasteiger partial charge on any atom is -0.467 e. The Balaban J connectivity index is 1.50. The number of rotatable bonds is 10. The van der Waals surface area contributed by atoms with Crippen molar-refractivity contribution in [2.45, 2.75) is 44.6 Å². The van der Waals surface area contributed by atoms with Gasteiger partial charge in [0.2, 0.25) is 0 Å². The van der Waals surface area contributed by atoms with Crippen molar-refractivity contribution in [2.24, 2.45) is 0 Å². The summed E-state index contributed by atoms with van der Waals surface area (Å²) in [5.41, 5.74) is 0. The standard InChI is InChI=1S/C16H26N2O5/c1-3-22-14-10-13(15(14)20-2)18-16(19)17-7-5-8-21-11-12-6-4-9-23-12/h4,6,9,13-15H,3,5,7-8,10-11H2,1-2H3,(H2,17,18,19)/t13-,14-,15+/m1/s1. The molecule has 0 unspecified atom stereocenters. The predicted octanol–water partition coefficient (Wildman–Crippen LogP) is 1.68. The van der Waals surface area contributed by atoms with Crippen LogP contribution in [0.2, 0.25) is 0 Å². The first kappa shape index (κ1) is 17.8. The molecule has 0 radical (unpaired) electrons. The molecule has 0 saturated heterocycles. The van der Waals surface area contributed by atoms with E-state index in [1.54, 1.807) is 13.4 Å². The van der Waals surface area contributed by atoms with E-state index in [1.807, 2.05) is 19.1 Å². The summed E-state index contributed by atoms with van der Waals surface area (Å²) >= 11 is 0. The number of amides is 2. The Kier molecular flexibility index (Phi) is 7.38. The van der Waals surface area contributed by atoms with E-state index in [-0.39, 0.29) is 24.3 Å². The van der Waals surface area contributed by atoms with Crippen LogP contribution in [0.5, 0.6) is 0 Å². The van der Waals surface area contributed by atoms with Gasteiger partial charge < -0.3 is 29.3 Å². The lowest BCUT2D eigenvalue weighted by Gasteiger charge is -2.43. The molecule has 0 bridgehead atoms. The van der Waals surface area contributed by atoms with Gasteiger partial charge in [-0.15, -0.1) is 0 Å². The Labute approximate surface area is 136 Å². The minimum absolute atomic E-state index is 0.00625. The summed E-state index contributed by atoms with van der Waals surface area (Å²) in [4.78, 5) is 11.8. The van der Waals surface area contributed by atoms with Crippen molar-refractivity contribution in [3.8, 4) is 0 Å². The van der Waals surface area contributed by atoms with Gasteiger partial charge in [0, 0.05) is 26.9 Å². The summed E-state index contributed by atoms with van der Waals surface area (Å²) < 4.78 is 21.5. The number of carbonyl (C=O) groups is 1. The Bertz CT molecular complexity index is 451. The largest absolute Gasteiger partial charge is 0.467 e. The third-order valence-electron chi connectivity index (χ3n) is 3.79. The molecule has 1 aliphatic carbocycles. The van der Waals surface area contributed by atoms with Gasteiger partial charge >= 0.3 is 6.03 Å². The first-order valence-corrected chi connectivity index (χ1v) is 8.03. The number of ether oxygens (including phenoxy) is 3. The first-order chi connectivity index (χ1) is 11.2. The van der Waals surface area contributed by atoms with E-state index >= 15 is 0 Å². The Hall–Kier alpha value is -1.57. The molecule has 0 aromatic carbocycles. The molecule has 2 N–H and O–H groups in total. The summed E-state index contributed by atoms with van der Waals surface area (Å²) in [5, 5.41) is 5.73. The van der Waals surface area contributed by atoms with Gasteiger partial charge in [-0.3, -0.25) is 0 Å². The first-order valence-electron chi connectivity index (χ1n) is 8.03. The summed E-state index contributed by atoms with van der Waals surface area (Å²) in [7, 11) is 1.64. The van der Waals surface area contributed by atoms with E-state index in [9.17, 15) is 4.79 Å². The fraction of sp³-hybridized carbons (Fsp3) is 0.688. The van der Waals surface area contributed by atoms with E-state index in [0.29, 0.717) is 26.4 Å². The molecule has 1 aromatic rings. The van der Waals surface area contributed by atoms with Crippen molar-refractivity contribution in [1.82, 2.24) is 10.6 Å². The number of hydrogen-bond acceptors (Lipinski definition) is 5. The monoisotopic (exact) mass is 326 g/mol. The molecular weight excluding hydrogens is 300 g/mol. The van der Waals surface area contributed by atoms with Gasteiger partial charge in [-0.25, -0.2) is 4.79 Å². The lowest BCUT2D eigenvalue weighted by atomic mass is 9.85. The third kappa shape index (κ3) is 5.53. The minimum atomic E-state index is -0.182. The lowest BCUT2D eigenvalue weighted by molar-refractivity contribution is -0.128. The third-order valence-corrected chi connectivity index (χ3v) is 3.79. The Morgan fingerprint density at radius 2 is 2.35 bits per heavy atom. The molecule has 2 amide bonds. The molecular formula is C16H26N2O5. The molecule has 2 rings (SSSR count). The smallest absolute Gasteiger partial charge is 0.315 e. The molecule has 1 fully saturated rings. The Morgan fingerprint density at radius 3 is 3.04 bits per heavy atom. The maximum atomic E-state index is 11.8. The van der Waals surface area contributed by atoms with Crippen LogP contribution in [-0.2, 0) is 20.8 Å². The van der Waals surface area contributed by atoms with Gasteiger partial charge in [0.1, 0.15) is 18.5 Å². The highest BCUT2D eigenvalue weighted by Gasteiger charge is 2.42. The van der Waals surface area contributed by atoms with Crippen molar-refractivity contribution < 1.29 is 23.4 Å². The molecule has 3 atom stereocenters. The average molecular weight is 326 g/mol. The van der Waals surface area contributed by atoms with Crippen LogP contribution in [0.1, 0.15) is 25.5 Å². The SMILES string of the molecule is CCO[C@@H]1C[C@@H](NC(=O)NCCCOCc2ccco2)[C@@H]1OC. The van der Waals surface area contributed by atoms with Crippen molar-refractivity contribution in [2.75, 3.05) is 26.9 Å². The highest BCUT2D eigenvalue weighted by Crippen LogP contribution is 2.26. The zero-order valence-electron chi connectivity index (χ0n) is 13.7. The van der Waals surface area contributed by atoms with Crippen LogP contribution in [0.15, 0.2) is 22.8 Å².